The van der Waals surface area contributed by atoms with Crippen LogP contribution >= 0.6 is 0 Å². The van der Waals surface area contributed by atoms with E-state index in [2.05, 4.69) is 13.5 Å². The molecule has 0 aliphatic rings. The fraction of sp³-hybridized carbons (Fsp3) is 0.760. The first kappa shape index (κ1) is 26.4. The Morgan fingerprint density at radius 3 is 1.61 bits per heavy atom. The van der Waals surface area contributed by atoms with Gasteiger partial charge in [-0.05, 0) is 19.4 Å². The van der Waals surface area contributed by atoms with Gasteiger partial charge in [0.2, 0.25) is 0 Å². The Bertz CT molecular complexity index is 473. The number of allylic oxidation sites excluding steroid dienone is 2. The van der Waals surface area contributed by atoms with E-state index in [0.717, 1.165) is 12.8 Å². The number of rotatable bonds is 19. The van der Waals surface area contributed by atoms with Gasteiger partial charge in [0.1, 0.15) is 0 Å². The Balaban J connectivity index is 3.30. The largest absolute Gasteiger partial charge is 0.462 e. The van der Waals surface area contributed by atoms with Gasteiger partial charge in [-0.2, -0.15) is 5.26 Å². The molecule has 160 valence electrons. The standard InChI is InChI=1S/C25H43NO2/c1-4-5-6-7-8-9-10-11-12-13-14-15-16-17-18-19-20-28-25(27)24(3)21-23(2)22-26/h21H,2,4-20H2,1,3H3/b24-21+. The van der Waals surface area contributed by atoms with Gasteiger partial charge in [0.15, 0.2) is 0 Å². The molecule has 3 nitrogen and oxygen atoms in total. The summed E-state index contributed by atoms with van der Waals surface area (Å²) in [5.41, 5.74) is 0.708. The summed E-state index contributed by atoms with van der Waals surface area (Å²) >= 11 is 0. The molecule has 0 rings (SSSR count). The number of carbonyl (C=O) groups excluding carboxylic acids is 1. The van der Waals surface area contributed by atoms with E-state index in [1.54, 1.807) is 6.92 Å². The maximum Gasteiger partial charge on any atom is 0.333 e. The zero-order valence-electron chi connectivity index (χ0n) is 18.6. The lowest BCUT2D eigenvalue weighted by Gasteiger charge is -2.05. The number of hydrogen-bond donors (Lipinski definition) is 0. The highest BCUT2D eigenvalue weighted by Gasteiger charge is 2.05. The van der Waals surface area contributed by atoms with Gasteiger partial charge in [0.05, 0.1) is 12.7 Å². The molecule has 0 fully saturated rings. The monoisotopic (exact) mass is 389 g/mol. The van der Waals surface area contributed by atoms with E-state index in [4.69, 9.17) is 10.00 Å². The van der Waals surface area contributed by atoms with E-state index in [-0.39, 0.29) is 11.5 Å². The quantitative estimate of drug-likeness (QED) is 0.0743. The maximum absolute atomic E-state index is 11.7. The molecule has 28 heavy (non-hydrogen) atoms. The molecule has 0 atom stereocenters. The highest BCUT2D eigenvalue weighted by molar-refractivity contribution is 5.88. The lowest BCUT2D eigenvalue weighted by atomic mass is 10.0. The van der Waals surface area contributed by atoms with Gasteiger partial charge in [-0.1, -0.05) is 110 Å². The van der Waals surface area contributed by atoms with Crippen LogP contribution < -0.4 is 0 Å². The maximum atomic E-state index is 11.7. The SMILES string of the molecule is C=C(C#N)/C=C(\C)C(=O)OCCCCCCCCCCCCCCCCCC. The van der Waals surface area contributed by atoms with Crippen LogP contribution in [-0.2, 0) is 9.53 Å². The van der Waals surface area contributed by atoms with Crippen LogP contribution in [0.25, 0.3) is 0 Å². The molecular formula is C25H43NO2. The van der Waals surface area contributed by atoms with Gasteiger partial charge >= 0.3 is 5.97 Å². The first-order valence-corrected chi connectivity index (χ1v) is 11.6. The number of unbranched alkanes of at least 4 members (excludes halogenated alkanes) is 15. The molecule has 0 bridgehead atoms. The third kappa shape index (κ3) is 17.8. The van der Waals surface area contributed by atoms with Crippen LogP contribution in [0.3, 0.4) is 0 Å². The van der Waals surface area contributed by atoms with E-state index in [1.807, 2.05) is 6.07 Å². The van der Waals surface area contributed by atoms with Crippen molar-refractivity contribution in [3.05, 3.63) is 23.8 Å². The van der Waals surface area contributed by atoms with Crippen molar-refractivity contribution in [2.45, 2.75) is 117 Å². The number of carbonyl (C=O) groups is 1. The predicted molar refractivity (Wildman–Crippen MR) is 119 cm³/mol. The number of nitriles is 1. The highest BCUT2D eigenvalue weighted by Crippen LogP contribution is 2.13. The van der Waals surface area contributed by atoms with Crippen molar-refractivity contribution >= 4 is 5.97 Å². The van der Waals surface area contributed by atoms with Crippen LogP contribution in [0.4, 0.5) is 0 Å². The minimum Gasteiger partial charge on any atom is -0.462 e. The fourth-order valence-corrected chi connectivity index (χ4v) is 3.28. The molecule has 0 aromatic heterocycles. The second kappa shape index (κ2) is 20.2. The number of esters is 1. The van der Waals surface area contributed by atoms with Crippen LogP contribution in [0.5, 0.6) is 0 Å². The third-order valence-electron chi connectivity index (χ3n) is 5.09. The average Bonchev–Trinajstić information content (AvgIpc) is 2.69. The zero-order chi connectivity index (χ0) is 20.9. The van der Waals surface area contributed by atoms with Crippen LogP contribution in [-0.4, -0.2) is 12.6 Å². The van der Waals surface area contributed by atoms with Crippen molar-refractivity contribution in [1.29, 1.82) is 5.26 Å². The third-order valence-corrected chi connectivity index (χ3v) is 5.09. The van der Waals surface area contributed by atoms with Gasteiger partial charge in [0.25, 0.3) is 0 Å². The summed E-state index contributed by atoms with van der Waals surface area (Å²) in [4.78, 5) is 11.7. The molecule has 0 N–H and O–H groups in total. The lowest BCUT2D eigenvalue weighted by molar-refractivity contribution is -0.139. The molecule has 0 amide bonds. The molecule has 0 aliphatic heterocycles. The first-order valence-electron chi connectivity index (χ1n) is 11.6. The summed E-state index contributed by atoms with van der Waals surface area (Å²) in [7, 11) is 0. The van der Waals surface area contributed by atoms with E-state index >= 15 is 0 Å². The topological polar surface area (TPSA) is 50.1 Å². The Morgan fingerprint density at radius 1 is 0.821 bits per heavy atom. The fourth-order valence-electron chi connectivity index (χ4n) is 3.28. The first-order chi connectivity index (χ1) is 13.6. The summed E-state index contributed by atoms with van der Waals surface area (Å²) in [6, 6.07) is 1.90. The smallest absolute Gasteiger partial charge is 0.333 e. The molecule has 0 aliphatic carbocycles. The van der Waals surface area contributed by atoms with E-state index in [0.29, 0.717) is 12.2 Å². The molecule has 3 heteroatoms. The number of nitrogens with zero attached hydrogens (tertiary/aromatic N) is 1. The van der Waals surface area contributed by atoms with Crippen LogP contribution in [0.2, 0.25) is 0 Å². The lowest BCUT2D eigenvalue weighted by Crippen LogP contribution is -2.07. The predicted octanol–water partition coefficient (Wildman–Crippen LogP) is 7.82. The molecular weight excluding hydrogens is 346 g/mol. The van der Waals surface area contributed by atoms with Gasteiger partial charge in [-0.3, -0.25) is 0 Å². The molecule has 0 radical (unpaired) electrons. The molecule has 0 heterocycles. The van der Waals surface area contributed by atoms with Crippen molar-refractivity contribution in [1.82, 2.24) is 0 Å². The average molecular weight is 390 g/mol. The van der Waals surface area contributed by atoms with Crippen LogP contribution in [0.15, 0.2) is 23.8 Å². The molecule has 0 aromatic rings. The second-order valence-corrected chi connectivity index (χ2v) is 7.90. The van der Waals surface area contributed by atoms with Gasteiger partial charge in [-0.25, -0.2) is 4.79 Å². The number of hydrogen-bond acceptors (Lipinski definition) is 3. The van der Waals surface area contributed by atoms with E-state index in [1.165, 1.54) is 96.0 Å². The van der Waals surface area contributed by atoms with Gasteiger partial charge in [0, 0.05) is 11.1 Å². The van der Waals surface area contributed by atoms with Crippen LogP contribution in [0.1, 0.15) is 117 Å². The molecule has 0 spiro atoms. The highest BCUT2D eigenvalue weighted by atomic mass is 16.5. The summed E-state index contributed by atoms with van der Waals surface area (Å²) in [6.45, 7) is 7.92. The minimum absolute atomic E-state index is 0.275. The minimum atomic E-state index is -0.350. The zero-order valence-corrected chi connectivity index (χ0v) is 18.6. The second-order valence-electron chi connectivity index (χ2n) is 7.90. The van der Waals surface area contributed by atoms with Gasteiger partial charge in [-0.15, -0.1) is 0 Å². The van der Waals surface area contributed by atoms with Crippen molar-refractivity contribution in [3.63, 3.8) is 0 Å². The molecule has 0 aromatic carbocycles. The molecule has 0 saturated carbocycles. The summed E-state index contributed by atoms with van der Waals surface area (Å²) in [5, 5.41) is 8.65. The van der Waals surface area contributed by atoms with E-state index in [9.17, 15) is 4.79 Å². The Hall–Kier alpha value is -1.56. The molecule has 0 saturated heterocycles. The number of ether oxygens (including phenoxy) is 1. The summed E-state index contributed by atoms with van der Waals surface area (Å²) < 4.78 is 5.21. The van der Waals surface area contributed by atoms with Crippen molar-refractivity contribution < 1.29 is 9.53 Å². The summed E-state index contributed by atoms with van der Waals surface area (Å²) in [5.74, 6) is -0.350. The Labute approximate surface area is 174 Å². The van der Waals surface area contributed by atoms with Crippen molar-refractivity contribution in [3.8, 4) is 6.07 Å². The summed E-state index contributed by atoms with van der Waals surface area (Å²) in [6.07, 6.45) is 22.8. The normalized spacial score (nSPS) is 11.2. The van der Waals surface area contributed by atoms with Gasteiger partial charge < -0.3 is 4.74 Å². The Kier molecular flexibility index (Phi) is 19.1. The van der Waals surface area contributed by atoms with Crippen LogP contribution in [0, 0.1) is 11.3 Å². The van der Waals surface area contributed by atoms with Crippen molar-refractivity contribution in [2.24, 2.45) is 0 Å². The Morgan fingerprint density at radius 2 is 1.21 bits per heavy atom. The van der Waals surface area contributed by atoms with E-state index < -0.39 is 0 Å². The molecule has 0 unspecified atom stereocenters. The van der Waals surface area contributed by atoms with Crippen molar-refractivity contribution in [2.75, 3.05) is 6.61 Å².